The number of nitrogens with one attached hydrogen (secondary N) is 1. The lowest BCUT2D eigenvalue weighted by atomic mass is 9.75. The summed E-state index contributed by atoms with van der Waals surface area (Å²) in [5.41, 5.74) is 4.02. The molecule has 0 fully saturated rings. The average Bonchev–Trinajstić information content (AvgIpc) is 2.59. The molecular formula is C23H28N2O2S. The molecule has 0 amide bonds. The molecule has 0 aromatic heterocycles. The molecule has 5 heteroatoms. The number of rotatable bonds is 1. The number of aromatic hydroxyl groups is 1. The Labute approximate surface area is 171 Å². The van der Waals surface area contributed by atoms with Crippen LogP contribution in [0.4, 0.5) is 0 Å². The highest BCUT2D eigenvalue weighted by atomic mass is 32.2. The molecule has 4 nitrogen and oxygen atoms in total. The van der Waals surface area contributed by atoms with Gasteiger partial charge in [0, 0.05) is 35.9 Å². The van der Waals surface area contributed by atoms with Crippen molar-refractivity contribution in [1.29, 1.82) is 0 Å². The van der Waals surface area contributed by atoms with Gasteiger partial charge in [-0.05, 0) is 56.7 Å². The van der Waals surface area contributed by atoms with Gasteiger partial charge >= 0.3 is 0 Å². The Morgan fingerprint density at radius 1 is 1.18 bits per heavy atom. The lowest BCUT2D eigenvalue weighted by Crippen LogP contribution is -2.57. The van der Waals surface area contributed by atoms with Gasteiger partial charge in [-0.25, -0.2) is 4.99 Å². The summed E-state index contributed by atoms with van der Waals surface area (Å²) in [6.07, 6.45) is 3.58. The summed E-state index contributed by atoms with van der Waals surface area (Å²) in [5, 5.41) is 14.6. The van der Waals surface area contributed by atoms with Crippen LogP contribution in [0.3, 0.4) is 0 Å². The molecule has 4 rings (SSSR count). The maximum Gasteiger partial charge on any atom is 0.206 e. The molecule has 148 valence electrons. The summed E-state index contributed by atoms with van der Waals surface area (Å²) in [5.74, 6) is 1.16. The summed E-state index contributed by atoms with van der Waals surface area (Å²) in [6.45, 7) is 8.59. The molecular weight excluding hydrogens is 368 g/mol. The summed E-state index contributed by atoms with van der Waals surface area (Å²) in [7, 11) is 0. The molecule has 2 aliphatic rings. The van der Waals surface area contributed by atoms with Gasteiger partial charge in [-0.1, -0.05) is 36.0 Å². The third-order valence-electron chi connectivity index (χ3n) is 5.73. The lowest BCUT2D eigenvalue weighted by molar-refractivity contribution is 0.0131. The maximum atomic E-state index is 10.2. The van der Waals surface area contributed by atoms with E-state index in [0.29, 0.717) is 0 Å². The van der Waals surface area contributed by atoms with Crippen molar-refractivity contribution in [2.45, 2.75) is 57.7 Å². The molecule has 2 N–H and O–H groups in total. The van der Waals surface area contributed by atoms with Gasteiger partial charge in [0.05, 0.1) is 0 Å². The molecule has 0 bridgehead atoms. The van der Waals surface area contributed by atoms with Gasteiger partial charge in [-0.3, -0.25) is 0 Å². The van der Waals surface area contributed by atoms with Crippen LogP contribution in [-0.4, -0.2) is 27.8 Å². The third-order valence-corrected chi connectivity index (χ3v) is 6.31. The number of thioether (sulfide) groups is 1. The standard InChI is InChI=1S/C23H28N2O2S/c1-14-8-6-7-9-17(14)18-12-23(13-22(3,4)24-21(25-23)28-5)27-19-11-16(26)10-15(2)20(18)19/h6-11,18,26H,12-13H2,1-5H3,(H,24,25)/t18-,23-/m0/s1. The first-order valence-corrected chi connectivity index (χ1v) is 10.9. The van der Waals surface area contributed by atoms with Crippen molar-refractivity contribution in [2.24, 2.45) is 4.99 Å². The molecule has 2 heterocycles. The lowest BCUT2D eigenvalue weighted by Gasteiger charge is -2.47. The fourth-order valence-electron chi connectivity index (χ4n) is 4.74. The quantitative estimate of drug-likeness (QED) is 0.703. The van der Waals surface area contributed by atoms with E-state index in [-0.39, 0.29) is 17.2 Å². The van der Waals surface area contributed by atoms with Crippen LogP contribution in [0.5, 0.6) is 11.5 Å². The van der Waals surface area contributed by atoms with E-state index in [9.17, 15) is 5.11 Å². The predicted octanol–water partition coefficient (Wildman–Crippen LogP) is 5.11. The Morgan fingerprint density at radius 2 is 1.93 bits per heavy atom. The highest BCUT2D eigenvalue weighted by molar-refractivity contribution is 8.13. The third kappa shape index (κ3) is 3.37. The van der Waals surface area contributed by atoms with Crippen molar-refractivity contribution in [3.05, 3.63) is 58.7 Å². The van der Waals surface area contributed by atoms with Gasteiger partial charge in [-0.2, -0.15) is 0 Å². The summed E-state index contributed by atoms with van der Waals surface area (Å²) in [6, 6.07) is 12.1. The highest BCUT2D eigenvalue weighted by Crippen LogP contribution is 2.51. The SMILES string of the molecule is CSC1=N[C@]2(C[C@@H](c3ccccc3C)c3c(C)cc(O)cc3O2)CC(C)(C)N1. The van der Waals surface area contributed by atoms with Gasteiger partial charge in [-0.15, -0.1) is 0 Å². The van der Waals surface area contributed by atoms with Crippen molar-refractivity contribution in [3.63, 3.8) is 0 Å². The van der Waals surface area contributed by atoms with E-state index < -0.39 is 5.72 Å². The zero-order valence-corrected chi connectivity index (χ0v) is 18.0. The number of hydrogen-bond acceptors (Lipinski definition) is 5. The van der Waals surface area contributed by atoms with E-state index in [2.05, 4.69) is 50.4 Å². The second-order valence-corrected chi connectivity index (χ2v) is 9.44. The van der Waals surface area contributed by atoms with Crippen LogP contribution >= 0.6 is 11.8 Å². The van der Waals surface area contributed by atoms with Crippen LogP contribution in [0.25, 0.3) is 0 Å². The second kappa shape index (κ2) is 6.73. The Hall–Kier alpha value is -2.14. The molecule has 1 spiro atoms. The topological polar surface area (TPSA) is 53.9 Å². The molecule has 2 aromatic rings. The number of benzene rings is 2. The monoisotopic (exact) mass is 396 g/mol. The maximum absolute atomic E-state index is 10.2. The fourth-order valence-corrected chi connectivity index (χ4v) is 5.38. The number of amidine groups is 1. The second-order valence-electron chi connectivity index (χ2n) is 8.64. The molecule has 0 radical (unpaired) electrons. The van der Waals surface area contributed by atoms with Crippen LogP contribution in [-0.2, 0) is 0 Å². The van der Waals surface area contributed by atoms with Crippen LogP contribution < -0.4 is 10.1 Å². The van der Waals surface area contributed by atoms with Gasteiger partial charge in [0.25, 0.3) is 0 Å². The Bertz CT molecular complexity index is 954. The van der Waals surface area contributed by atoms with Crippen molar-refractivity contribution in [2.75, 3.05) is 6.26 Å². The molecule has 0 aliphatic carbocycles. The first-order valence-electron chi connectivity index (χ1n) is 9.72. The van der Waals surface area contributed by atoms with E-state index in [1.165, 1.54) is 11.1 Å². The largest absolute Gasteiger partial charge is 0.508 e. The van der Waals surface area contributed by atoms with Gasteiger partial charge in [0.15, 0.2) is 5.17 Å². The molecule has 2 aliphatic heterocycles. The smallest absolute Gasteiger partial charge is 0.206 e. The number of phenolic OH excluding ortho intramolecular Hbond substituents is 1. The van der Waals surface area contributed by atoms with E-state index in [1.54, 1.807) is 17.8 Å². The van der Waals surface area contributed by atoms with E-state index in [0.717, 1.165) is 34.9 Å². The zero-order chi connectivity index (χ0) is 20.1. The summed E-state index contributed by atoms with van der Waals surface area (Å²) in [4.78, 5) is 5.02. The number of nitrogens with zero attached hydrogens (tertiary/aromatic N) is 1. The number of aliphatic imine (C=N–C) groups is 1. The minimum Gasteiger partial charge on any atom is -0.508 e. The number of aryl methyl sites for hydroxylation is 2. The zero-order valence-electron chi connectivity index (χ0n) is 17.2. The van der Waals surface area contributed by atoms with Gasteiger partial charge in [0.2, 0.25) is 5.72 Å². The first-order chi connectivity index (χ1) is 13.2. The number of phenols is 1. The van der Waals surface area contributed by atoms with Crippen molar-refractivity contribution >= 4 is 16.9 Å². The van der Waals surface area contributed by atoms with Crippen molar-refractivity contribution in [3.8, 4) is 11.5 Å². The average molecular weight is 397 g/mol. The molecule has 0 saturated carbocycles. The van der Waals surface area contributed by atoms with Crippen LogP contribution in [0.1, 0.15) is 54.9 Å². The Morgan fingerprint density at radius 3 is 2.64 bits per heavy atom. The Balaban J connectivity index is 1.92. The van der Waals surface area contributed by atoms with Crippen molar-refractivity contribution < 1.29 is 9.84 Å². The first kappa shape index (κ1) is 19.2. The summed E-state index contributed by atoms with van der Waals surface area (Å²) >= 11 is 1.61. The van der Waals surface area contributed by atoms with Crippen LogP contribution in [0.2, 0.25) is 0 Å². The molecule has 2 aromatic carbocycles. The molecule has 2 atom stereocenters. The molecule has 0 saturated heterocycles. The number of hydrogen-bond donors (Lipinski definition) is 2. The normalized spacial score (nSPS) is 25.5. The summed E-state index contributed by atoms with van der Waals surface area (Å²) < 4.78 is 6.58. The van der Waals surface area contributed by atoms with E-state index in [4.69, 9.17) is 9.73 Å². The number of fused-ring (bicyclic) bond motifs is 1. The van der Waals surface area contributed by atoms with Gasteiger partial charge < -0.3 is 15.2 Å². The Kier molecular flexibility index (Phi) is 4.61. The molecule has 0 unspecified atom stereocenters. The van der Waals surface area contributed by atoms with E-state index >= 15 is 0 Å². The van der Waals surface area contributed by atoms with Crippen molar-refractivity contribution in [1.82, 2.24) is 5.32 Å². The van der Waals surface area contributed by atoms with Gasteiger partial charge in [0.1, 0.15) is 11.5 Å². The highest BCUT2D eigenvalue weighted by Gasteiger charge is 2.48. The minimum atomic E-state index is -0.646. The molecule has 28 heavy (non-hydrogen) atoms. The minimum absolute atomic E-state index is 0.125. The number of ether oxygens (including phenoxy) is 1. The van der Waals surface area contributed by atoms with Crippen LogP contribution in [0, 0.1) is 13.8 Å². The van der Waals surface area contributed by atoms with E-state index in [1.807, 2.05) is 19.2 Å². The fraction of sp³-hybridized carbons (Fsp3) is 0.435. The van der Waals surface area contributed by atoms with Crippen LogP contribution in [0.15, 0.2) is 41.4 Å². The predicted molar refractivity (Wildman–Crippen MR) is 117 cm³/mol.